The van der Waals surface area contributed by atoms with E-state index in [1.807, 2.05) is 6.07 Å². The van der Waals surface area contributed by atoms with Crippen molar-refractivity contribution in [2.75, 3.05) is 0 Å². The number of carbonyl (C=O) groups excluding carboxylic acids is 2. The summed E-state index contributed by atoms with van der Waals surface area (Å²) in [6.07, 6.45) is 13.4. The number of nitrogens with one attached hydrogen (secondary N) is 2. The second kappa shape index (κ2) is 8.35. The van der Waals surface area contributed by atoms with Crippen molar-refractivity contribution in [3.63, 3.8) is 0 Å². The van der Waals surface area contributed by atoms with Crippen molar-refractivity contribution >= 4 is 23.2 Å². The Morgan fingerprint density at radius 1 is 1.04 bits per heavy atom. The van der Waals surface area contributed by atoms with Gasteiger partial charge in [0.2, 0.25) is 0 Å². The number of pyridine rings is 1. The molecular formula is C20H21N5O2S. The molecule has 0 radical (unpaired) electrons. The van der Waals surface area contributed by atoms with Crippen molar-refractivity contribution in [2.24, 2.45) is 0 Å². The van der Waals surface area contributed by atoms with Crippen LogP contribution in [0.4, 0.5) is 0 Å². The predicted molar refractivity (Wildman–Crippen MR) is 106 cm³/mol. The Hall–Kier alpha value is -3.00. The monoisotopic (exact) mass is 395 g/mol. The molecule has 28 heavy (non-hydrogen) atoms. The highest BCUT2D eigenvalue weighted by molar-refractivity contribution is 7.14. The maximum absolute atomic E-state index is 12.4. The van der Waals surface area contributed by atoms with Crippen LogP contribution in [-0.4, -0.2) is 26.3 Å². The topological polar surface area (TPSA) is 88.9 Å². The van der Waals surface area contributed by atoms with Gasteiger partial charge in [0.15, 0.2) is 0 Å². The standard InChI is InChI=1S/C20H21N5O2S/c26-19(15-7-8-18(22-12-15)25-10-9-21-13-25)23-24-20(27)17-11-14-5-3-1-2-4-6-16(14)28-17/h7-13H,1-6H2,(H,23,26)(H,24,27). The first-order valence-corrected chi connectivity index (χ1v) is 10.2. The molecule has 0 aliphatic heterocycles. The van der Waals surface area contributed by atoms with E-state index in [4.69, 9.17) is 0 Å². The Kier molecular flexibility index (Phi) is 5.48. The van der Waals surface area contributed by atoms with E-state index in [1.165, 1.54) is 53.7 Å². The zero-order valence-electron chi connectivity index (χ0n) is 15.4. The summed E-state index contributed by atoms with van der Waals surface area (Å²) in [6.45, 7) is 0. The highest BCUT2D eigenvalue weighted by Gasteiger charge is 2.16. The molecule has 0 unspecified atom stereocenters. The molecule has 3 heterocycles. The van der Waals surface area contributed by atoms with E-state index in [0.717, 1.165) is 12.8 Å². The van der Waals surface area contributed by atoms with Gasteiger partial charge in [-0.2, -0.15) is 0 Å². The van der Waals surface area contributed by atoms with E-state index in [9.17, 15) is 9.59 Å². The van der Waals surface area contributed by atoms with Crippen LogP contribution in [0.3, 0.4) is 0 Å². The lowest BCUT2D eigenvalue weighted by Gasteiger charge is -2.07. The summed E-state index contributed by atoms with van der Waals surface area (Å²) in [5.41, 5.74) is 6.62. The maximum atomic E-state index is 12.4. The second-order valence-corrected chi connectivity index (χ2v) is 7.89. The molecule has 2 N–H and O–H groups in total. The minimum absolute atomic E-state index is 0.284. The zero-order chi connectivity index (χ0) is 19.3. The van der Waals surface area contributed by atoms with Crippen LogP contribution in [-0.2, 0) is 12.8 Å². The van der Waals surface area contributed by atoms with Crippen molar-refractivity contribution in [1.82, 2.24) is 25.4 Å². The summed E-state index contributed by atoms with van der Waals surface area (Å²) in [5.74, 6) is -0.0323. The number of hydrazine groups is 1. The lowest BCUT2D eigenvalue weighted by molar-refractivity contribution is 0.0848. The van der Waals surface area contributed by atoms with E-state index in [0.29, 0.717) is 16.3 Å². The molecule has 144 valence electrons. The van der Waals surface area contributed by atoms with Crippen LogP contribution in [0.25, 0.3) is 5.82 Å². The fraction of sp³-hybridized carbons (Fsp3) is 0.300. The summed E-state index contributed by atoms with van der Waals surface area (Å²) in [4.78, 5) is 34.9. The molecule has 1 aliphatic carbocycles. The van der Waals surface area contributed by atoms with Crippen LogP contribution in [0, 0.1) is 0 Å². The number of imidazole rings is 1. The van der Waals surface area contributed by atoms with Crippen molar-refractivity contribution < 1.29 is 9.59 Å². The molecule has 7 nitrogen and oxygen atoms in total. The Morgan fingerprint density at radius 3 is 2.61 bits per heavy atom. The van der Waals surface area contributed by atoms with Gasteiger partial charge >= 0.3 is 0 Å². The first kappa shape index (κ1) is 18.4. The SMILES string of the molecule is O=C(NNC(=O)c1cc2c(s1)CCCCCC2)c1ccc(-n2ccnc2)nc1. The fourth-order valence-corrected chi connectivity index (χ4v) is 4.42. The number of hydrogen-bond donors (Lipinski definition) is 2. The van der Waals surface area contributed by atoms with E-state index in [2.05, 4.69) is 20.8 Å². The molecule has 0 fully saturated rings. The molecule has 0 spiro atoms. The number of rotatable bonds is 3. The first-order valence-electron chi connectivity index (χ1n) is 9.37. The second-order valence-electron chi connectivity index (χ2n) is 6.76. The smallest absolute Gasteiger partial charge is 0.279 e. The third-order valence-corrected chi connectivity index (χ3v) is 6.02. The third kappa shape index (κ3) is 4.12. The van der Waals surface area contributed by atoms with Crippen LogP contribution >= 0.6 is 11.3 Å². The lowest BCUT2D eigenvalue weighted by atomic mass is 10.00. The van der Waals surface area contributed by atoms with Gasteiger partial charge in [-0.3, -0.25) is 25.0 Å². The van der Waals surface area contributed by atoms with Gasteiger partial charge in [0.25, 0.3) is 11.8 Å². The van der Waals surface area contributed by atoms with Crippen LogP contribution < -0.4 is 10.9 Å². The Morgan fingerprint density at radius 2 is 1.86 bits per heavy atom. The molecule has 1 aliphatic rings. The van der Waals surface area contributed by atoms with E-state index < -0.39 is 5.91 Å². The van der Waals surface area contributed by atoms with Crippen LogP contribution in [0.5, 0.6) is 0 Å². The van der Waals surface area contributed by atoms with Crippen molar-refractivity contribution in [3.05, 3.63) is 64.0 Å². The number of carbonyl (C=O) groups is 2. The van der Waals surface area contributed by atoms with Crippen LogP contribution in [0.15, 0.2) is 43.1 Å². The zero-order valence-corrected chi connectivity index (χ0v) is 16.2. The van der Waals surface area contributed by atoms with Gasteiger partial charge < -0.3 is 0 Å². The molecule has 4 rings (SSSR count). The Labute approximate surface area is 166 Å². The summed E-state index contributed by atoms with van der Waals surface area (Å²) in [7, 11) is 0. The first-order chi connectivity index (χ1) is 13.7. The van der Waals surface area contributed by atoms with Gasteiger partial charge in [0, 0.05) is 23.5 Å². The summed E-state index contributed by atoms with van der Waals surface area (Å²) >= 11 is 1.53. The van der Waals surface area contributed by atoms with Crippen molar-refractivity contribution in [2.45, 2.75) is 38.5 Å². The molecule has 0 aromatic carbocycles. The number of nitrogens with zero attached hydrogens (tertiary/aromatic N) is 3. The number of fused-ring (bicyclic) bond motifs is 1. The Bertz CT molecular complexity index is 938. The van der Waals surface area contributed by atoms with Gasteiger partial charge in [-0.05, 0) is 49.4 Å². The normalized spacial score (nSPS) is 13.9. The molecule has 0 atom stereocenters. The number of aryl methyl sites for hydroxylation is 2. The van der Waals surface area contributed by atoms with E-state index in [1.54, 1.807) is 35.4 Å². The summed E-state index contributed by atoms with van der Waals surface area (Å²) in [5, 5.41) is 0. The average Bonchev–Trinajstić information content (AvgIpc) is 3.36. The molecule has 3 aromatic rings. The van der Waals surface area contributed by atoms with Crippen LogP contribution in [0.1, 0.15) is 56.2 Å². The molecule has 0 saturated carbocycles. The highest BCUT2D eigenvalue weighted by atomic mass is 32.1. The summed E-state index contributed by atoms with van der Waals surface area (Å²) < 4.78 is 1.74. The molecule has 0 saturated heterocycles. The molecule has 2 amide bonds. The van der Waals surface area contributed by atoms with Gasteiger partial charge in [0.05, 0.1) is 10.4 Å². The molecular weight excluding hydrogens is 374 g/mol. The third-order valence-electron chi connectivity index (χ3n) is 4.79. The fourth-order valence-electron chi connectivity index (χ4n) is 3.27. The maximum Gasteiger partial charge on any atom is 0.279 e. The van der Waals surface area contributed by atoms with Crippen molar-refractivity contribution in [1.29, 1.82) is 0 Å². The summed E-state index contributed by atoms with van der Waals surface area (Å²) in [6, 6.07) is 5.34. The number of amides is 2. The Balaban J connectivity index is 1.36. The number of thiophene rings is 1. The molecule has 8 heteroatoms. The highest BCUT2D eigenvalue weighted by Crippen LogP contribution is 2.28. The largest absolute Gasteiger partial charge is 0.291 e. The number of hydrogen-bond acceptors (Lipinski definition) is 5. The average molecular weight is 395 g/mol. The minimum Gasteiger partial charge on any atom is -0.291 e. The van der Waals surface area contributed by atoms with Gasteiger partial charge in [0.1, 0.15) is 12.1 Å². The molecule has 0 bridgehead atoms. The minimum atomic E-state index is -0.409. The lowest BCUT2D eigenvalue weighted by Crippen LogP contribution is -2.41. The van der Waals surface area contributed by atoms with Gasteiger partial charge in [-0.15, -0.1) is 11.3 Å². The van der Waals surface area contributed by atoms with E-state index >= 15 is 0 Å². The van der Waals surface area contributed by atoms with Crippen LogP contribution in [0.2, 0.25) is 0 Å². The van der Waals surface area contributed by atoms with Crippen molar-refractivity contribution in [3.8, 4) is 5.82 Å². The number of aromatic nitrogens is 3. The quantitative estimate of drug-likeness (QED) is 0.667. The van der Waals surface area contributed by atoms with Gasteiger partial charge in [-0.1, -0.05) is 12.8 Å². The predicted octanol–water partition coefficient (Wildman–Crippen LogP) is 3.06. The molecule has 3 aromatic heterocycles. The van der Waals surface area contributed by atoms with E-state index in [-0.39, 0.29) is 5.91 Å². The van der Waals surface area contributed by atoms with Gasteiger partial charge in [-0.25, -0.2) is 9.97 Å².